The molecule has 0 saturated carbocycles. The maximum Gasteiger partial charge on any atom is 0.282 e. The molecule has 0 atom stereocenters. The summed E-state index contributed by atoms with van der Waals surface area (Å²) in [5.41, 5.74) is 0.567. The predicted molar refractivity (Wildman–Crippen MR) is 122 cm³/mol. The fourth-order valence-electron chi connectivity index (χ4n) is 4.12. The lowest BCUT2D eigenvalue weighted by Crippen LogP contribution is -2.49. The molecule has 9 nitrogen and oxygen atoms in total. The molecule has 4 rings (SSSR count). The summed E-state index contributed by atoms with van der Waals surface area (Å²) < 4.78 is 0. The van der Waals surface area contributed by atoms with Crippen LogP contribution in [0.5, 0.6) is 0 Å². The number of hydrogen-bond acceptors (Lipinski definition) is 6. The topological polar surface area (TPSA) is 104 Å². The molecule has 33 heavy (non-hydrogen) atoms. The van der Waals surface area contributed by atoms with E-state index in [9.17, 15) is 24.5 Å². The number of imide groups is 1. The van der Waals surface area contributed by atoms with Crippen molar-refractivity contribution < 1.29 is 19.3 Å². The number of hydrogen-bond donors (Lipinski definition) is 0. The monoisotopic (exact) mass is 448 g/mol. The zero-order valence-corrected chi connectivity index (χ0v) is 18.1. The van der Waals surface area contributed by atoms with E-state index in [1.807, 2.05) is 30.3 Å². The Balaban J connectivity index is 1.27. The first-order valence-electron chi connectivity index (χ1n) is 10.8. The van der Waals surface area contributed by atoms with E-state index in [1.165, 1.54) is 18.2 Å². The molecule has 0 radical (unpaired) electrons. The Bertz CT molecular complexity index is 1110. The highest BCUT2D eigenvalue weighted by molar-refractivity contribution is 6.23. The van der Waals surface area contributed by atoms with Crippen LogP contribution in [-0.2, 0) is 4.79 Å². The van der Waals surface area contributed by atoms with Crippen LogP contribution in [0.2, 0.25) is 0 Å². The number of nitrogens with zero attached hydrogens (tertiary/aromatic N) is 4. The lowest BCUT2D eigenvalue weighted by atomic mass is 10.1. The summed E-state index contributed by atoms with van der Waals surface area (Å²) in [6.07, 6.45) is 4.17. The molecule has 0 N–H and O–H groups in total. The van der Waals surface area contributed by atoms with Gasteiger partial charge in [0.2, 0.25) is 5.91 Å². The second kappa shape index (κ2) is 9.74. The summed E-state index contributed by atoms with van der Waals surface area (Å²) in [5, 5.41) is 11.2. The van der Waals surface area contributed by atoms with Crippen molar-refractivity contribution in [3.8, 4) is 0 Å². The smallest absolute Gasteiger partial charge is 0.282 e. The summed E-state index contributed by atoms with van der Waals surface area (Å²) in [5.74, 6) is -1.45. The lowest BCUT2D eigenvalue weighted by molar-refractivity contribution is -0.385. The Labute approximate surface area is 191 Å². The number of carbonyl (C=O) groups is 3. The van der Waals surface area contributed by atoms with E-state index in [1.54, 1.807) is 4.90 Å². The molecular weight excluding hydrogens is 424 g/mol. The number of benzene rings is 2. The third-order valence-corrected chi connectivity index (χ3v) is 5.92. The van der Waals surface area contributed by atoms with Gasteiger partial charge in [-0.3, -0.25) is 34.3 Å². The Hall–Kier alpha value is -3.85. The standard InChI is InChI=1S/C24H24N4O5/c29-21(26-16-14-25(15-17-26)12-5-8-18-6-2-1-3-7-18)11-13-27-23(30)19-9-4-10-20(28(32)33)22(19)24(27)31/h1-10H,11-17H2/b8-5+. The van der Waals surface area contributed by atoms with Crippen LogP contribution in [0.1, 0.15) is 32.7 Å². The first-order chi connectivity index (χ1) is 16.0. The number of fused-ring (bicyclic) bond motifs is 1. The van der Waals surface area contributed by atoms with Crippen LogP contribution in [0.15, 0.2) is 54.6 Å². The van der Waals surface area contributed by atoms with Crippen LogP contribution in [-0.4, -0.2) is 76.6 Å². The molecular formula is C24H24N4O5. The van der Waals surface area contributed by atoms with E-state index in [-0.39, 0.29) is 30.0 Å². The molecule has 2 aromatic rings. The zero-order chi connectivity index (χ0) is 23.4. The van der Waals surface area contributed by atoms with Gasteiger partial charge >= 0.3 is 0 Å². The molecule has 2 heterocycles. The fourth-order valence-corrected chi connectivity index (χ4v) is 4.12. The van der Waals surface area contributed by atoms with E-state index in [2.05, 4.69) is 17.1 Å². The highest BCUT2D eigenvalue weighted by atomic mass is 16.6. The number of piperazine rings is 1. The molecule has 0 aromatic heterocycles. The van der Waals surface area contributed by atoms with Crippen molar-refractivity contribution >= 4 is 29.5 Å². The second-order valence-corrected chi connectivity index (χ2v) is 7.96. The summed E-state index contributed by atoms with van der Waals surface area (Å²) >= 11 is 0. The van der Waals surface area contributed by atoms with E-state index >= 15 is 0 Å². The normalized spacial score (nSPS) is 16.5. The van der Waals surface area contributed by atoms with Crippen LogP contribution in [0.25, 0.3) is 6.08 Å². The van der Waals surface area contributed by atoms with Crippen molar-refractivity contribution in [1.82, 2.24) is 14.7 Å². The number of rotatable bonds is 7. The molecule has 2 aromatic carbocycles. The lowest BCUT2D eigenvalue weighted by Gasteiger charge is -2.34. The molecule has 0 spiro atoms. The van der Waals surface area contributed by atoms with Crippen LogP contribution >= 0.6 is 0 Å². The first-order valence-corrected chi connectivity index (χ1v) is 10.8. The molecule has 0 bridgehead atoms. The predicted octanol–water partition coefficient (Wildman–Crippen LogP) is 2.44. The SMILES string of the molecule is O=C(CCN1C(=O)c2cccc([N+](=O)[O-])c2C1=O)N1CCN(C/C=C/c2ccccc2)CC1. The summed E-state index contributed by atoms with van der Waals surface area (Å²) in [7, 11) is 0. The van der Waals surface area contributed by atoms with Crippen LogP contribution in [0, 0.1) is 10.1 Å². The van der Waals surface area contributed by atoms with E-state index < -0.39 is 22.4 Å². The van der Waals surface area contributed by atoms with E-state index in [0.717, 1.165) is 30.1 Å². The summed E-state index contributed by atoms with van der Waals surface area (Å²) in [6, 6.07) is 14.0. The molecule has 1 saturated heterocycles. The Kier molecular flexibility index (Phi) is 6.60. The number of carbonyl (C=O) groups excluding carboxylic acids is 3. The highest BCUT2D eigenvalue weighted by Crippen LogP contribution is 2.30. The van der Waals surface area contributed by atoms with Gasteiger partial charge in [0.1, 0.15) is 5.56 Å². The van der Waals surface area contributed by atoms with Crippen molar-refractivity contribution in [1.29, 1.82) is 0 Å². The van der Waals surface area contributed by atoms with Gasteiger partial charge in [-0.05, 0) is 11.6 Å². The molecule has 0 aliphatic carbocycles. The van der Waals surface area contributed by atoms with Crippen molar-refractivity contribution in [2.45, 2.75) is 6.42 Å². The van der Waals surface area contributed by atoms with Crippen LogP contribution in [0.4, 0.5) is 5.69 Å². The maximum atomic E-state index is 12.7. The maximum absolute atomic E-state index is 12.7. The van der Waals surface area contributed by atoms with Gasteiger partial charge in [0, 0.05) is 51.8 Å². The first kappa shape index (κ1) is 22.3. The quantitative estimate of drug-likeness (QED) is 0.366. The molecule has 3 amide bonds. The largest absolute Gasteiger partial charge is 0.340 e. The highest BCUT2D eigenvalue weighted by Gasteiger charge is 2.41. The van der Waals surface area contributed by atoms with Crippen LogP contribution < -0.4 is 0 Å². The molecule has 170 valence electrons. The third kappa shape index (κ3) is 4.83. The van der Waals surface area contributed by atoms with E-state index in [4.69, 9.17) is 0 Å². The Morgan fingerprint density at radius 2 is 1.70 bits per heavy atom. The molecule has 0 unspecified atom stereocenters. The van der Waals surface area contributed by atoms with Gasteiger partial charge in [-0.25, -0.2) is 0 Å². The average Bonchev–Trinajstić information content (AvgIpc) is 3.08. The van der Waals surface area contributed by atoms with Crippen LogP contribution in [0.3, 0.4) is 0 Å². The van der Waals surface area contributed by atoms with Gasteiger partial charge in [-0.15, -0.1) is 0 Å². The van der Waals surface area contributed by atoms with Gasteiger partial charge in [0.05, 0.1) is 10.5 Å². The number of nitro groups is 1. The van der Waals surface area contributed by atoms with Gasteiger partial charge in [0.25, 0.3) is 17.5 Å². The average molecular weight is 448 g/mol. The van der Waals surface area contributed by atoms with Gasteiger partial charge in [-0.1, -0.05) is 48.6 Å². The Morgan fingerprint density at radius 3 is 2.39 bits per heavy atom. The molecule has 9 heteroatoms. The second-order valence-electron chi connectivity index (χ2n) is 7.96. The molecule has 2 aliphatic heterocycles. The minimum absolute atomic E-state index is 0.00677. The van der Waals surface area contributed by atoms with Crippen molar-refractivity contribution in [2.75, 3.05) is 39.3 Å². The zero-order valence-electron chi connectivity index (χ0n) is 18.1. The van der Waals surface area contributed by atoms with Crippen molar-refractivity contribution in [2.24, 2.45) is 0 Å². The molecule has 2 aliphatic rings. The number of nitro benzene ring substituents is 1. The van der Waals surface area contributed by atoms with Gasteiger partial charge in [0.15, 0.2) is 0 Å². The molecule has 1 fully saturated rings. The minimum Gasteiger partial charge on any atom is -0.340 e. The van der Waals surface area contributed by atoms with Crippen molar-refractivity contribution in [3.05, 3.63) is 81.4 Å². The van der Waals surface area contributed by atoms with E-state index in [0.29, 0.717) is 13.1 Å². The van der Waals surface area contributed by atoms with Gasteiger partial charge in [-0.2, -0.15) is 0 Å². The Morgan fingerprint density at radius 1 is 0.970 bits per heavy atom. The third-order valence-electron chi connectivity index (χ3n) is 5.92. The summed E-state index contributed by atoms with van der Waals surface area (Å²) in [6.45, 7) is 3.33. The van der Waals surface area contributed by atoms with Gasteiger partial charge < -0.3 is 4.90 Å². The minimum atomic E-state index is -0.717. The summed E-state index contributed by atoms with van der Waals surface area (Å²) in [4.78, 5) is 53.3. The van der Waals surface area contributed by atoms with Crippen molar-refractivity contribution in [3.63, 3.8) is 0 Å². The number of amides is 3. The fraction of sp³-hybridized carbons (Fsp3) is 0.292.